The van der Waals surface area contributed by atoms with E-state index in [2.05, 4.69) is 9.97 Å². The second kappa shape index (κ2) is 4.66. The molecule has 18 heavy (non-hydrogen) atoms. The van der Waals surface area contributed by atoms with Crippen LogP contribution in [0.5, 0.6) is 0 Å². The summed E-state index contributed by atoms with van der Waals surface area (Å²) < 4.78 is 37.3. The Balaban J connectivity index is 2.29. The molecule has 3 nitrogen and oxygen atoms in total. The van der Waals surface area contributed by atoms with E-state index in [0.29, 0.717) is 21.8 Å². The highest BCUT2D eigenvalue weighted by molar-refractivity contribution is 7.11. The van der Waals surface area contributed by atoms with Gasteiger partial charge in [-0.1, -0.05) is 6.07 Å². The molecule has 2 heterocycles. The van der Waals surface area contributed by atoms with Crippen molar-refractivity contribution in [3.63, 3.8) is 0 Å². The summed E-state index contributed by atoms with van der Waals surface area (Å²) in [5.41, 5.74) is 7.48. The highest BCUT2D eigenvalue weighted by Crippen LogP contribution is 2.35. The van der Waals surface area contributed by atoms with Crippen molar-refractivity contribution < 1.29 is 13.2 Å². The van der Waals surface area contributed by atoms with Crippen molar-refractivity contribution in [1.82, 2.24) is 9.97 Å². The Morgan fingerprint density at radius 1 is 1.28 bits per heavy atom. The Morgan fingerprint density at radius 2 is 2.00 bits per heavy atom. The molecule has 7 heteroatoms. The molecule has 0 saturated heterocycles. The van der Waals surface area contributed by atoms with E-state index in [1.165, 1.54) is 6.20 Å². The number of aromatic nitrogens is 2. The average molecular weight is 273 g/mol. The zero-order valence-electron chi connectivity index (χ0n) is 9.40. The van der Waals surface area contributed by atoms with E-state index >= 15 is 0 Å². The number of thiazole rings is 1. The molecule has 2 aromatic heterocycles. The summed E-state index contributed by atoms with van der Waals surface area (Å²) in [6, 6.07) is 1.16. The highest BCUT2D eigenvalue weighted by Gasteiger charge is 2.35. The normalized spacial score (nSPS) is 13.6. The fourth-order valence-corrected chi connectivity index (χ4v) is 2.29. The van der Waals surface area contributed by atoms with Crippen LogP contribution in [0.4, 0.5) is 13.2 Å². The van der Waals surface area contributed by atoms with Crippen molar-refractivity contribution in [2.75, 3.05) is 0 Å². The molecule has 96 valence electrons. The van der Waals surface area contributed by atoms with E-state index in [9.17, 15) is 13.2 Å². The Bertz CT molecular complexity index is 550. The molecule has 0 aromatic carbocycles. The highest BCUT2D eigenvalue weighted by atomic mass is 32.1. The van der Waals surface area contributed by atoms with Crippen LogP contribution < -0.4 is 5.73 Å². The van der Waals surface area contributed by atoms with Crippen LogP contribution in [0.25, 0.3) is 0 Å². The maximum Gasteiger partial charge on any atom is 0.443 e. The molecule has 0 aliphatic carbocycles. The fraction of sp³-hybridized carbons (Fsp3) is 0.273. The molecule has 0 fully saturated rings. The summed E-state index contributed by atoms with van der Waals surface area (Å²) in [7, 11) is 0. The lowest BCUT2D eigenvalue weighted by molar-refractivity contribution is -0.137. The number of nitrogens with two attached hydrogens (primary N) is 1. The van der Waals surface area contributed by atoms with Gasteiger partial charge in [0, 0.05) is 23.5 Å². The van der Waals surface area contributed by atoms with Crippen LogP contribution in [0.15, 0.2) is 24.7 Å². The van der Waals surface area contributed by atoms with Crippen molar-refractivity contribution >= 4 is 11.3 Å². The number of nitrogens with zero attached hydrogens (tertiary/aromatic N) is 2. The zero-order chi connectivity index (χ0) is 13.3. The largest absolute Gasteiger partial charge is 0.443 e. The second-order valence-corrected chi connectivity index (χ2v) is 4.90. The second-order valence-electron chi connectivity index (χ2n) is 3.84. The number of hydrogen-bond acceptors (Lipinski definition) is 4. The van der Waals surface area contributed by atoms with Gasteiger partial charge >= 0.3 is 6.18 Å². The number of halogens is 3. The third kappa shape index (κ3) is 2.68. The first kappa shape index (κ1) is 13.0. The Hall–Kier alpha value is -1.47. The van der Waals surface area contributed by atoms with Gasteiger partial charge < -0.3 is 5.73 Å². The molecule has 0 amide bonds. The monoisotopic (exact) mass is 273 g/mol. The molecular weight excluding hydrogens is 263 g/mol. The molecule has 2 N–H and O–H groups in total. The third-order valence-corrected chi connectivity index (χ3v) is 3.45. The van der Waals surface area contributed by atoms with Gasteiger partial charge in [0.2, 0.25) is 0 Å². The smallest absolute Gasteiger partial charge is 0.320 e. The fourth-order valence-electron chi connectivity index (χ4n) is 1.47. The standard InChI is InChI=1S/C11H10F3N3S/c1-6-2-7(4-16-3-6)9(15)8-5-17-10(18-8)11(12,13)14/h2-5,9H,15H2,1H3. The van der Waals surface area contributed by atoms with E-state index in [1.807, 2.05) is 6.92 Å². The predicted octanol–water partition coefficient (Wildman–Crippen LogP) is 2.91. The van der Waals surface area contributed by atoms with Gasteiger partial charge in [0.05, 0.1) is 6.04 Å². The van der Waals surface area contributed by atoms with E-state index in [1.54, 1.807) is 18.5 Å². The Labute approximate surface area is 105 Å². The molecule has 0 saturated carbocycles. The summed E-state index contributed by atoms with van der Waals surface area (Å²) >= 11 is 0.560. The lowest BCUT2D eigenvalue weighted by atomic mass is 10.1. The van der Waals surface area contributed by atoms with Crippen molar-refractivity contribution in [2.45, 2.75) is 19.1 Å². The van der Waals surface area contributed by atoms with Crippen LogP contribution in [-0.4, -0.2) is 9.97 Å². The number of pyridine rings is 1. The summed E-state index contributed by atoms with van der Waals surface area (Å²) in [4.78, 5) is 7.69. The van der Waals surface area contributed by atoms with Crippen molar-refractivity contribution in [3.05, 3.63) is 45.7 Å². The average Bonchev–Trinajstić information content (AvgIpc) is 2.77. The first-order valence-corrected chi connectivity index (χ1v) is 5.89. The summed E-state index contributed by atoms with van der Waals surface area (Å²) in [6.45, 7) is 1.84. The summed E-state index contributed by atoms with van der Waals surface area (Å²) in [6.07, 6.45) is -0.0529. The molecule has 0 radical (unpaired) electrons. The quantitative estimate of drug-likeness (QED) is 0.915. The van der Waals surface area contributed by atoms with Crippen LogP contribution >= 0.6 is 11.3 Å². The lowest BCUT2D eigenvalue weighted by Crippen LogP contribution is -2.10. The van der Waals surface area contributed by atoms with Crippen LogP contribution in [0, 0.1) is 6.92 Å². The van der Waals surface area contributed by atoms with Crippen LogP contribution in [0.3, 0.4) is 0 Å². The molecule has 0 spiro atoms. The zero-order valence-corrected chi connectivity index (χ0v) is 10.2. The van der Waals surface area contributed by atoms with Crippen LogP contribution in [-0.2, 0) is 6.18 Å². The number of alkyl halides is 3. The molecular formula is C11H10F3N3S. The Kier molecular flexibility index (Phi) is 3.36. The van der Waals surface area contributed by atoms with Gasteiger partial charge in [-0.25, -0.2) is 4.98 Å². The van der Waals surface area contributed by atoms with Crippen molar-refractivity contribution in [3.8, 4) is 0 Å². The minimum absolute atomic E-state index is 0.370. The van der Waals surface area contributed by atoms with Gasteiger partial charge in [-0.2, -0.15) is 13.2 Å². The molecule has 1 atom stereocenters. The molecule has 0 aliphatic rings. The maximum absolute atomic E-state index is 12.4. The SMILES string of the molecule is Cc1cncc(C(N)c2cnc(C(F)(F)F)s2)c1. The molecule has 2 rings (SSSR count). The summed E-state index contributed by atoms with van der Waals surface area (Å²) in [5, 5.41) is -0.881. The molecule has 0 bridgehead atoms. The van der Waals surface area contributed by atoms with Gasteiger partial charge in [-0.15, -0.1) is 11.3 Å². The van der Waals surface area contributed by atoms with Gasteiger partial charge in [-0.05, 0) is 18.1 Å². The van der Waals surface area contributed by atoms with E-state index < -0.39 is 17.2 Å². The number of hydrogen-bond donors (Lipinski definition) is 1. The first-order chi connectivity index (χ1) is 8.38. The number of aryl methyl sites for hydroxylation is 1. The van der Waals surface area contributed by atoms with E-state index in [0.717, 1.165) is 5.56 Å². The van der Waals surface area contributed by atoms with Gasteiger partial charge in [0.1, 0.15) is 0 Å². The van der Waals surface area contributed by atoms with Crippen molar-refractivity contribution in [1.29, 1.82) is 0 Å². The predicted molar refractivity (Wildman–Crippen MR) is 62.1 cm³/mol. The minimum atomic E-state index is -4.42. The minimum Gasteiger partial charge on any atom is -0.320 e. The molecule has 0 aliphatic heterocycles. The summed E-state index contributed by atoms with van der Waals surface area (Å²) in [5.74, 6) is 0. The Morgan fingerprint density at radius 3 is 2.56 bits per heavy atom. The van der Waals surface area contributed by atoms with Gasteiger partial charge in [-0.3, -0.25) is 4.98 Å². The van der Waals surface area contributed by atoms with E-state index in [4.69, 9.17) is 5.73 Å². The molecule has 1 unspecified atom stereocenters. The maximum atomic E-state index is 12.4. The lowest BCUT2D eigenvalue weighted by Gasteiger charge is -2.09. The van der Waals surface area contributed by atoms with Gasteiger partial charge in [0.15, 0.2) is 5.01 Å². The number of rotatable bonds is 2. The van der Waals surface area contributed by atoms with Crippen LogP contribution in [0.2, 0.25) is 0 Å². The van der Waals surface area contributed by atoms with E-state index in [-0.39, 0.29) is 0 Å². The topological polar surface area (TPSA) is 51.8 Å². The van der Waals surface area contributed by atoms with Gasteiger partial charge in [0.25, 0.3) is 0 Å². The van der Waals surface area contributed by atoms with Crippen LogP contribution in [0.1, 0.15) is 27.1 Å². The third-order valence-electron chi connectivity index (χ3n) is 2.33. The first-order valence-electron chi connectivity index (χ1n) is 5.08. The molecule has 2 aromatic rings. The van der Waals surface area contributed by atoms with Crippen molar-refractivity contribution in [2.24, 2.45) is 5.73 Å².